The molecule has 1 aliphatic rings. The van der Waals surface area contributed by atoms with Gasteiger partial charge in [0.25, 0.3) is 0 Å². The lowest BCUT2D eigenvalue weighted by molar-refractivity contribution is -0.150. The Morgan fingerprint density at radius 1 is 1.23 bits per heavy atom. The van der Waals surface area contributed by atoms with Crippen LogP contribution in [0.4, 0.5) is 10.5 Å². The summed E-state index contributed by atoms with van der Waals surface area (Å²) in [6.07, 6.45) is 1.09. The van der Waals surface area contributed by atoms with E-state index in [0.717, 1.165) is 11.3 Å². The number of halogens is 1. The van der Waals surface area contributed by atoms with Crippen LogP contribution in [0.1, 0.15) is 19.4 Å². The molecule has 3 rings (SSSR count). The number of nitrogens with zero attached hydrogens (tertiary/aromatic N) is 2. The van der Waals surface area contributed by atoms with Gasteiger partial charge in [-0.25, -0.2) is 18.2 Å². The minimum atomic E-state index is -3.43. The van der Waals surface area contributed by atoms with Gasteiger partial charge < -0.3 is 10.1 Å². The number of nitrogens with one attached hydrogen (secondary N) is 1. The molecule has 2 aromatic carbocycles. The number of rotatable bonds is 5. The molecular weight excluding hydrogens is 442 g/mol. The van der Waals surface area contributed by atoms with Crippen LogP contribution < -0.4 is 5.32 Å². The highest BCUT2D eigenvalue weighted by molar-refractivity contribution is 7.90. The number of amides is 2. The van der Waals surface area contributed by atoms with Crippen LogP contribution in [0.2, 0.25) is 5.02 Å². The highest BCUT2D eigenvalue weighted by atomic mass is 35.5. The normalized spacial score (nSPS) is 18.5. The van der Waals surface area contributed by atoms with E-state index >= 15 is 0 Å². The molecule has 0 bridgehead atoms. The van der Waals surface area contributed by atoms with Crippen LogP contribution in [0.25, 0.3) is 0 Å². The van der Waals surface area contributed by atoms with Crippen LogP contribution in [0, 0.1) is 5.41 Å². The molecule has 10 heteroatoms. The van der Waals surface area contributed by atoms with Crippen molar-refractivity contribution in [2.75, 3.05) is 24.7 Å². The molecule has 0 saturated carbocycles. The number of benzene rings is 2. The van der Waals surface area contributed by atoms with E-state index in [-0.39, 0.29) is 18.0 Å². The number of urea groups is 1. The second-order valence-electron chi connectivity index (χ2n) is 7.30. The summed E-state index contributed by atoms with van der Waals surface area (Å²) in [5.74, 6) is -0.502. The van der Waals surface area contributed by atoms with Gasteiger partial charge in [0, 0.05) is 17.0 Å². The Kier molecular flexibility index (Phi) is 6.38. The number of esters is 1. The van der Waals surface area contributed by atoms with Gasteiger partial charge in [-0.1, -0.05) is 29.8 Å². The van der Waals surface area contributed by atoms with Crippen LogP contribution in [0.3, 0.4) is 0 Å². The molecule has 31 heavy (non-hydrogen) atoms. The Morgan fingerprint density at radius 3 is 2.52 bits per heavy atom. The van der Waals surface area contributed by atoms with Crippen LogP contribution in [0.5, 0.6) is 0 Å². The second kappa shape index (κ2) is 8.68. The van der Waals surface area contributed by atoms with E-state index in [4.69, 9.17) is 16.3 Å². The number of carbonyl (C=O) groups is 2. The van der Waals surface area contributed by atoms with Gasteiger partial charge in [0.2, 0.25) is 0 Å². The van der Waals surface area contributed by atoms with Crippen molar-refractivity contribution in [3.8, 4) is 0 Å². The summed E-state index contributed by atoms with van der Waals surface area (Å²) in [5, 5.41) is 8.68. The third kappa shape index (κ3) is 4.88. The van der Waals surface area contributed by atoms with Crippen LogP contribution in [0.15, 0.2) is 58.5 Å². The highest BCUT2D eigenvalue weighted by Crippen LogP contribution is 2.33. The van der Waals surface area contributed by atoms with Crippen LogP contribution in [-0.2, 0) is 19.4 Å². The number of hydrogen-bond donors (Lipinski definition) is 1. The maximum atomic E-state index is 12.9. The number of hydrazone groups is 1. The molecule has 0 radical (unpaired) electrons. The molecule has 0 fully saturated rings. The fourth-order valence-corrected chi connectivity index (χ4v) is 3.98. The molecule has 1 N–H and O–H groups in total. The number of sulfone groups is 1. The van der Waals surface area contributed by atoms with Gasteiger partial charge in [0.15, 0.2) is 9.84 Å². The van der Waals surface area contributed by atoms with Gasteiger partial charge in [0.1, 0.15) is 5.41 Å². The van der Waals surface area contributed by atoms with Crippen molar-refractivity contribution in [3.05, 3.63) is 59.1 Å². The van der Waals surface area contributed by atoms with Gasteiger partial charge in [-0.05, 0) is 49.7 Å². The van der Waals surface area contributed by atoms with E-state index in [0.29, 0.717) is 22.0 Å². The molecule has 8 nitrogen and oxygen atoms in total. The Bertz CT molecular complexity index is 1150. The fraction of sp³-hybridized carbons (Fsp3) is 0.286. The standard InChI is InChI=1S/C21H22ClN3O5S/c1-4-30-19(26)21(2)13-25(24-18(21)14-8-10-15(22)11-9-14)20(27)23-16-6-5-7-17(12-16)31(3,28)29/h5-12H,4,13H2,1-3H3,(H,23,27). The minimum absolute atomic E-state index is 0.0403. The highest BCUT2D eigenvalue weighted by Gasteiger charge is 2.48. The molecule has 2 amide bonds. The molecular formula is C21H22ClN3O5S. The van der Waals surface area contributed by atoms with Gasteiger partial charge in [-0.2, -0.15) is 5.10 Å². The van der Waals surface area contributed by atoms with Crippen molar-refractivity contribution >= 4 is 44.8 Å². The predicted molar refractivity (Wildman–Crippen MR) is 118 cm³/mol. The van der Waals surface area contributed by atoms with Gasteiger partial charge in [-0.3, -0.25) is 4.79 Å². The van der Waals surface area contributed by atoms with E-state index in [1.807, 2.05) is 0 Å². The van der Waals surface area contributed by atoms with E-state index in [9.17, 15) is 18.0 Å². The predicted octanol–water partition coefficient (Wildman–Crippen LogP) is 3.56. The van der Waals surface area contributed by atoms with E-state index in [1.165, 1.54) is 18.2 Å². The molecule has 0 spiro atoms. The average molecular weight is 464 g/mol. The van der Waals surface area contributed by atoms with E-state index in [1.54, 1.807) is 44.2 Å². The molecule has 1 heterocycles. The summed E-state index contributed by atoms with van der Waals surface area (Å²) in [6.45, 7) is 3.51. The average Bonchev–Trinajstić information content (AvgIpc) is 3.07. The molecule has 0 aromatic heterocycles. The van der Waals surface area contributed by atoms with Gasteiger partial charge >= 0.3 is 12.0 Å². The largest absolute Gasteiger partial charge is 0.465 e. The maximum Gasteiger partial charge on any atom is 0.342 e. The first-order chi connectivity index (χ1) is 14.5. The fourth-order valence-electron chi connectivity index (χ4n) is 3.19. The maximum absolute atomic E-state index is 12.9. The summed E-state index contributed by atoms with van der Waals surface area (Å²) in [6, 6.07) is 12.1. The van der Waals surface area contributed by atoms with Crippen molar-refractivity contribution in [1.82, 2.24) is 5.01 Å². The van der Waals surface area contributed by atoms with Crippen LogP contribution in [-0.4, -0.2) is 50.5 Å². The summed E-state index contributed by atoms with van der Waals surface area (Å²) in [5.41, 5.74) is 0.119. The number of ether oxygens (including phenoxy) is 1. The van der Waals surface area contributed by atoms with Crippen molar-refractivity contribution in [3.63, 3.8) is 0 Å². The Labute approximate surface area is 185 Å². The lowest BCUT2D eigenvalue weighted by Crippen LogP contribution is -2.42. The van der Waals surface area contributed by atoms with Crippen LogP contribution >= 0.6 is 11.6 Å². The minimum Gasteiger partial charge on any atom is -0.465 e. The first-order valence-corrected chi connectivity index (χ1v) is 11.7. The van der Waals surface area contributed by atoms with Crippen molar-refractivity contribution < 1.29 is 22.7 Å². The molecule has 1 unspecified atom stereocenters. The molecule has 1 atom stereocenters. The summed E-state index contributed by atoms with van der Waals surface area (Å²) in [7, 11) is -3.43. The topological polar surface area (TPSA) is 105 Å². The zero-order valence-electron chi connectivity index (χ0n) is 17.3. The van der Waals surface area contributed by atoms with Gasteiger partial charge in [-0.15, -0.1) is 0 Å². The van der Waals surface area contributed by atoms with E-state index < -0.39 is 27.3 Å². The van der Waals surface area contributed by atoms with Gasteiger partial charge in [0.05, 0.1) is 23.8 Å². The summed E-state index contributed by atoms with van der Waals surface area (Å²) >= 11 is 5.97. The molecule has 0 saturated heterocycles. The first kappa shape index (κ1) is 22.8. The Hall–Kier alpha value is -2.91. The quantitative estimate of drug-likeness (QED) is 0.682. The monoisotopic (exact) mass is 463 g/mol. The summed E-state index contributed by atoms with van der Waals surface area (Å²) < 4.78 is 28.8. The number of carbonyl (C=O) groups excluding carboxylic acids is 2. The zero-order valence-corrected chi connectivity index (χ0v) is 18.8. The molecule has 2 aromatic rings. The second-order valence-corrected chi connectivity index (χ2v) is 9.75. The Balaban J connectivity index is 1.91. The lowest BCUT2D eigenvalue weighted by atomic mass is 9.82. The molecule has 1 aliphatic heterocycles. The SMILES string of the molecule is CCOC(=O)C1(C)CN(C(=O)Nc2cccc(S(C)(=O)=O)c2)N=C1c1ccc(Cl)cc1. The third-order valence-corrected chi connectivity index (χ3v) is 6.16. The number of hydrogen-bond acceptors (Lipinski definition) is 6. The van der Waals surface area contributed by atoms with Crippen molar-refractivity contribution in [1.29, 1.82) is 0 Å². The smallest absolute Gasteiger partial charge is 0.342 e. The summed E-state index contributed by atoms with van der Waals surface area (Å²) in [4.78, 5) is 25.7. The van der Waals surface area contributed by atoms with Crippen molar-refractivity contribution in [2.45, 2.75) is 18.7 Å². The molecule has 0 aliphatic carbocycles. The molecule has 164 valence electrons. The first-order valence-electron chi connectivity index (χ1n) is 9.45. The Morgan fingerprint density at radius 2 is 1.90 bits per heavy atom. The zero-order chi connectivity index (χ0) is 22.8. The number of anilines is 1. The lowest BCUT2D eigenvalue weighted by Gasteiger charge is -2.24. The third-order valence-electron chi connectivity index (χ3n) is 4.80. The van der Waals surface area contributed by atoms with E-state index in [2.05, 4.69) is 10.4 Å². The van der Waals surface area contributed by atoms with Crippen molar-refractivity contribution in [2.24, 2.45) is 10.5 Å².